The fraction of sp³-hybridized carbons (Fsp3) is 0.667. The second kappa shape index (κ2) is 6.23. The Hall–Kier alpha value is -1.03. The van der Waals surface area contributed by atoms with E-state index in [0.717, 1.165) is 13.1 Å². The van der Waals surface area contributed by atoms with Crippen molar-refractivity contribution in [3.63, 3.8) is 0 Å². The molecule has 7 nitrogen and oxygen atoms in total. The Kier molecular flexibility index (Phi) is 4.64. The molecule has 0 radical (unpaired) electrons. The largest absolute Gasteiger partial charge is 0.324 e. The van der Waals surface area contributed by atoms with E-state index in [1.807, 2.05) is 12.1 Å². The highest BCUT2D eigenvalue weighted by molar-refractivity contribution is 7.73. The zero-order valence-electron chi connectivity index (χ0n) is 10.1. The fourth-order valence-corrected chi connectivity index (χ4v) is 2.54. The lowest BCUT2D eigenvalue weighted by Crippen LogP contribution is -2.45. The number of aromatic nitrogens is 2. The van der Waals surface area contributed by atoms with Crippen LogP contribution >= 0.6 is 23.6 Å². The average molecular weight is 288 g/mol. The van der Waals surface area contributed by atoms with Crippen LogP contribution in [0.2, 0.25) is 0 Å². The summed E-state index contributed by atoms with van der Waals surface area (Å²) >= 11 is 6.11. The Morgan fingerprint density at radius 2 is 2.33 bits per heavy atom. The summed E-state index contributed by atoms with van der Waals surface area (Å²) in [6.45, 7) is 2.59. The average Bonchev–Trinajstić information content (AvgIpc) is 2.97. The van der Waals surface area contributed by atoms with Crippen molar-refractivity contribution in [3.05, 3.63) is 3.95 Å². The fourth-order valence-electron chi connectivity index (χ4n) is 1.75. The summed E-state index contributed by atoms with van der Waals surface area (Å²) in [7, 11) is 1.96. The number of H-pyrrole nitrogens is 1. The summed E-state index contributed by atoms with van der Waals surface area (Å²) in [5, 5.41) is 16.6. The minimum absolute atomic E-state index is 0.279. The van der Waals surface area contributed by atoms with Gasteiger partial charge in [-0.3, -0.25) is 10.4 Å². The van der Waals surface area contributed by atoms with Gasteiger partial charge in [-0.05, 0) is 25.1 Å². The van der Waals surface area contributed by atoms with Crippen LogP contribution in [0.15, 0.2) is 0 Å². The van der Waals surface area contributed by atoms with Crippen LogP contribution in [-0.4, -0.2) is 53.1 Å². The highest BCUT2D eigenvalue weighted by Gasteiger charge is 2.16. The van der Waals surface area contributed by atoms with Gasteiger partial charge in [0, 0.05) is 20.1 Å². The number of aromatic amines is 1. The van der Waals surface area contributed by atoms with Crippen LogP contribution in [0.4, 0.5) is 9.93 Å². The minimum atomic E-state index is -0.279. The Morgan fingerprint density at radius 1 is 1.61 bits per heavy atom. The van der Waals surface area contributed by atoms with Gasteiger partial charge in [-0.25, -0.2) is 14.8 Å². The molecular weight excluding hydrogens is 272 g/mol. The SMILES string of the molecule is CN(CNC(=O)Nc1n[nH]c(=S)s1)N1CCCC1. The third-order valence-corrected chi connectivity index (χ3v) is 3.70. The summed E-state index contributed by atoms with van der Waals surface area (Å²) in [4.78, 5) is 11.6. The number of anilines is 1. The molecule has 1 aliphatic heterocycles. The monoisotopic (exact) mass is 288 g/mol. The van der Waals surface area contributed by atoms with Gasteiger partial charge in [-0.1, -0.05) is 11.3 Å². The standard InChI is InChI=1S/C9H16N6OS2/c1-14(15-4-2-3-5-15)6-10-7(16)11-8-12-13-9(17)18-8/h2-6H2,1H3,(H,13,17)(H2,10,11,12,16). The van der Waals surface area contributed by atoms with Crippen molar-refractivity contribution in [1.82, 2.24) is 25.5 Å². The molecule has 2 amide bonds. The van der Waals surface area contributed by atoms with Gasteiger partial charge in [0.1, 0.15) is 0 Å². The number of amides is 2. The van der Waals surface area contributed by atoms with Crippen LogP contribution in [0.25, 0.3) is 0 Å². The van der Waals surface area contributed by atoms with Gasteiger partial charge in [-0.15, -0.1) is 5.10 Å². The molecule has 1 aromatic rings. The maximum atomic E-state index is 11.6. The first-order chi connectivity index (χ1) is 8.65. The van der Waals surface area contributed by atoms with E-state index in [4.69, 9.17) is 12.2 Å². The Balaban J connectivity index is 1.72. The zero-order valence-corrected chi connectivity index (χ0v) is 11.7. The third-order valence-electron chi connectivity index (χ3n) is 2.69. The molecule has 2 rings (SSSR count). The number of hydrogen-bond acceptors (Lipinski definition) is 6. The Bertz CT molecular complexity index is 452. The molecule has 0 spiro atoms. The van der Waals surface area contributed by atoms with Crippen molar-refractivity contribution in [2.75, 3.05) is 32.1 Å². The first-order valence-electron chi connectivity index (χ1n) is 5.71. The van der Waals surface area contributed by atoms with Crippen LogP contribution in [0, 0.1) is 3.95 Å². The number of carbonyl (C=O) groups is 1. The highest BCUT2D eigenvalue weighted by atomic mass is 32.1. The zero-order chi connectivity index (χ0) is 13.0. The first-order valence-corrected chi connectivity index (χ1v) is 6.94. The minimum Gasteiger partial charge on any atom is -0.324 e. The number of hydrogen-bond donors (Lipinski definition) is 3. The molecule has 0 aromatic carbocycles. The molecule has 0 aliphatic carbocycles. The van der Waals surface area contributed by atoms with E-state index in [0.29, 0.717) is 15.8 Å². The molecule has 9 heteroatoms. The summed E-state index contributed by atoms with van der Waals surface area (Å²) < 4.78 is 0.541. The van der Waals surface area contributed by atoms with Gasteiger partial charge in [0.25, 0.3) is 0 Å². The molecule has 100 valence electrons. The van der Waals surface area contributed by atoms with Gasteiger partial charge in [0.2, 0.25) is 5.13 Å². The Labute approximate surface area is 114 Å². The molecule has 0 bridgehead atoms. The second-order valence-electron chi connectivity index (χ2n) is 4.03. The van der Waals surface area contributed by atoms with E-state index < -0.39 is 0 Å². The van der Waals surface area contributed by atoms with E-state index in [1.54, 1.807) is 0 Å². The molecule has 0 atom stereocenters. The van der Waals surface area contributed by atoms with E-state index in [-0.39, 0.29) is 6.03 Å². The van der Waals surface area contributed by atoms with E-state index >= 15 is 0 Å². The lowest BCUT2D eigenvalue weighted by molar-refractivity contribution is 0.0204. The number of nitrogens with zero attached hydrogens (tertiary/aromatic N) is 3. The van der Waals surface area contributed by atoms with Crippen molar-refractivity contribution in [2.24, 2.45) is 0 Å². The molecule has 0 saturated carbocycles. The summed E-state index contributed by atoms with van der Waals surface area (Å²) in [5.74, 6) is 0. The molecule has 0 unspecified atom stereocenters. The van der Waals surface area contributed by atoms with Gasteiger partial charge in [0.15, 0.2) is 3.95 Å². The van der Waals surface area contributed by atoms with Crippen molar-refractivity contribution >= 4 is 34.7 Å². The van der Waals surface area contributed by atoms with Crippen LogP contribution < -0.4 is 10.6 Å². The molecular formula is C9H16N6OS2. The molecule has 1 saturated heterocycles. The molecule has 18 heavy (non-hydrogen) atoms. The molecule has 1 fully saturated rings. The topological polar surface area (TPSA) is 76.3 Å². The predicted octanol–water partition coefficient (Wildman–Crippen LogP) is 1.22. The number of hydrazine groups is 1. The van der Waals surface area contributed by atoms with Crippen LogP contribution in [-0.2, 0) is 0 Å². The summed E-state index contributed by atoms with van der Waals surface area (Å²) in [6, 6.07) is -0.279. The maximum absolute atomic E-state index is 11.6. The third kappa shape index (κ3) is 3.73. The van der Waals surface area contributed by atoms with E-state index in [2.05, 4.69) is 25.8 Å². The van der Waals surface area contributed by atoms with Gasteiger partial charge >= 0.3 is 6.03 Å². The number of urea groups is 1. The van der Waals surface area contributed by atoms with Gasteiger partial charge < -0.3 is 5.32 Å². The summed E-state index contributed by atoms with van der Waals surface area (Å²) in [5.41, 5.74) is 0. The van der Waals surface area contributed by atoms with Crippen LogP contribution in [0.1, 0.15) is 12.8 Å². The number of rotatable bonds is 4. The van der Waals surface area contributed by atoms with Crippen LogP contribution in [0.3, 0.4) is 0 Å². The van der Waals surface area contributed by atoms with Crippen molar-refractivity contribution in [1.29, 1.82) is 0 Å². The molecule has 3 N–H and O–H groups in total. The predicted molar refractivity (Wildman–Crippen MR) is 72.9 cm³/mol. The van der Waals surface area contributed by atoms with E-state index in [9.17, 15) is 4.79 Å². The lowest BCUT2D eigenvalue weighted by atomic mass is 10.4. The van der Waals surface area contributed by atoms with Crippen molar-refractivity contribution in [3.8, 4) is 0 Å². The smallest absolute Gasteiger partial charge is 0.322 e. The van der Waals surface area contributed by atoms with Gasteiger partial charge in [-0.2, -0.15) is 0 Å². The Morgan fingerprint density at radius 3 is 2.94 bits per heavy atom. The first kappa shape index (κ1) is 13.4. The quantitative estimate of drug-likeness (QED) is 0.574. The number of carbonyl (C=O) groups excluding carboxylic acids is 1. The maximum Gasteiger partial charge on any atom is 0.322 e. The molecule has 1 aliphatic rings. The second-order valence-corrected chi connectivity index (χ2v) is 5.69. The van der Waals surface area contributed by atoms with Crippen molar-refractivity contribution in [2.45, 2.75) is 12.8 Å². The molecule has 1 aromatic heterocycles. The molecule has 2 heterocycles. The summed E-state index contributed by atoms with van der Waals surface area (Å²) in [6.07, 6.45) is 2.43. The lowest BCUT2D eigenvalue weighted by Gasteiger charge is -2.27. The normalized spacial score (nSPS) is 16.1. The number of nitrogens with one attached hydrogen (secondary N) is 3. The van der Waals surface area contributed by atoms with E-state index in [1.165, 1.54) is 24.2 Å². The van der Waals surface area contributed by atoms with Gasteiger partial charge in [0.05, 0.1) is 6.67 Å². The van der Waals surface area contributed by atoms with Crippen molar-refractivity contribution < 1.29 is 4.79 Å². The van der Waals surface area contributed by atoms with Crippen LogP contribution in [0.5, 0.6) is 0 Å². The highest BCUT2D eigenvalue weighted by Crippen LogP contribution is 2.10.